The molecule has 2 aliphatic rings. The molecule has 10 nitrogen and oxygen atoms in total. The zero-order chi connectivity index (χ0) is 30.8. The second-order valence-electron chi connectivity index (χ2n) is 12.7. The highest BCUT2D eigenvalue weighted by atomic mass is 19.3. The van der Waals surface area contributed by atoms with E-state index in [1.807, 2.05) is 26.8 Å². The molecule has 0 radical (unpaired) electrons. The molecule has 2 aliphatic carbocycles. The van der Waals surface area contributed by atoms with E-state index in [1.54, 1.807) is 37.0 Å². The number of nitrogens with zero attached hydrogens (tertiary/aromatic N) is 5. The highest BCUT2D eigenvalue weighted by molar-refractivity contribution is 5.92. The lowest BCUT2D eigenvalue weighted by Crippen LogP contribution is -2.40. The van der Waals surface area contributed by atoms with E-state index in [0.29, 0.717) is 17.2 Å². The van der Waals surface area contributed by atoms with Gasteiger partial charge in [-0.3, -0.25) is 14.3 Å². The molecule has 230 valence electrons. The molecule has 2 atom stereocenters. The van der Waals surface area contributed by atoms with Crippen LogP contribution in [0.3, 0.4) is 0 Å². The molecule has 2 aromatic heterocycles. The average Bonchev–Trinajstić information content (AvgIpc) is 3.45. The first-order valence-corrected chi connectivity index (χ1v) is 14.7. The fourth-order valence-electron chi connectivity index (χ4n) is 5.66. The van der Waals surface area contributed by atoms with Crippen molar-refractivity contribution >= 4 is 24.6 Å². The molecule has 0 saturated heterocycles. The van der Waals surface area contributed by atoms with Crippen molar-refractivity contribution in [2.75, 3.05) is 0 Å². The van der Waals surface area contributed by atoms with Gasteiger partial charge in [0.25, 0.3) is 5.91 Å². The van der Waals surface area contributed by atoms with E-state index in [1.165, 1.54) is 4.68 Å². The van der Waals surface area contributed by atoms with Gasteiger partial charge < -0.3 is 15.7 Å². The Hall–Kier alpha value is -3.41. The number of amides is 2. The van der Waals surface area contributed by atoms with Crippen LogP contribution in [-0.4, -0.2) is 60.6 Å². The summed E-state index contributed by atoms with van der Waals surface area (Å²) in [5.74, 6) is -2.84. The first-order chi connectivity index (χ1) is 19.7. The number of aliphatic hydroxyl groups is 1. The summed E-state index contributed by atoms with van der Waals surface area (Å²) in [5, 5.41) is 24.5. The van der Waals surface area contributed by atoms with Crippen LogP contribution < -0.4 is 10.6 Å². The number of aromatic nitrogens is 4. The summed E-state index contributed by atoms with van der Waals surface area (Å²) in [6.45, 7) is 12.6. The molecule has 0 aliphatic heterocycles. The highest BCUT2D eigenvalue weighted by Crippen LogP contribution is 2.42. The van der Waals surface area contributed by atoms with E-state index in [4.69, 9.17) is 4.98 Å². The summed E-state index contributed by atoms with van der Waals surface area (Å²) >= 11 is 0. The van der Waals surface area contributed by atoms with Crippen molar-refractivity contribution in [1.29, 1.82) is 0 Å². The van der Waals surface area contributed by atoms with Crippen LogP contribution in [-0.2, 0) is 4.79 Å². The molecule has 42 heavy (non-hydrogen) atoms. The van der Waals surface area contributed by atoms with Crippen molar-refractivity contribution in [3.05, 3.63) is 41.2 Å². The van der Waals surface area contributed by atoms with Crippen molar-refractivity contribution in [2.24, 2.45) is 16.9 Å². The Bertz CT molecular complexity index is 1310. The number of rotatable bonds is 12. The highest BCUT2D eigenvalue weighted by Gasteiger charge is 2.40. The molecule has 2 fully saturated rings. The lowest BCUT2D eigenvalue weighted by atomic mass is 9.81. The second kappa shape index (κ2) is 12.4. The SMILES string of the molecule is C=Nn1cc([C@@H](NC(=O)c2ccnn2C(C)C)C2CCC(F)(F)CC2)nc1/C=C(\C)[C@H](NC(=O)CC(C)(C)O)C1CC1. The lowest BCUT2D eigenvalue weighted by molar-refractivity contribution is -0.125. The summed E-state index contributed by atoms with van der Waals surface area (Å²) in [7, 11) is 0. The smallest absolute Gasteiger partial charge is 0.270 e. The van der Waals surface area contributed by atoms with Gasteiger partial charge in [-0.1, -0.05) is 0 Å². The van der Waals surface area contributed by atoms with Crippen molar-refractivity contribution in [3.63, 3.8) is 0 Å². The van der Waals surface area contributed by atoms with Crippen LogP contribution in [0.5, 0.6) is 0 Å². The minimum Gasteiger partial charge on any atom is -0.390 e. The number of carbonyl (C=O) groups is 2. The largest absolute Gasteiger partial charge is 0.390 e. The van der Waals surface area contributed by atoms with Gasteiger partial charge in [0.05, 0.1) is 36.0 Å². The Morgan fingerprint density at radius 3 is 2.45 bits per heavy atom. The normalized spacial score (nSPS) is 19.4. The molecule has 4 rings (SSSR count). The monoisotopic (exact) mass is 587 g/mol. The van der Waals surface area contributed by atoms with Gasteiger partial charge >= 0.3 is 0 Å². The van der Waals surface area contributed by atoms with Gasteiger partial charge in [-0.05, 0) is 89.9 Å². The van der Waals surface area contributed by atoms with E-state index >= 15 is 0 Å². The van der Waals surface area contributed by atoms with Crippen molar-refractivity contribution in [1.82, 2.24) is 30.1 Å². The van der Waals surface area contributed by atoms with E-state index in [9.17, 15) is 23.5 Å². The molecule has 0 bridgehead atoms. The molecular formula is C30H43F2N7O3. The van der Waals surface area contributed by atoms with Crippen molar-refractivity contribution in [3.8, 4) is 0 Å². The molecule has 2 saturated carbocycles. The van der Waals surface area contributed by atoms with E-state index in [2.05, 4.69) is 27.6 Å². The van der Waals surface area contributed by atoms with Crippen LogP contribution in [0.1, 0.15) is 114 Å². The topological polar surface area (TPSA) is 126 Å². The number of halogens is 2. The summed E-state index contributed by atoms with van der Waals surface area (Å²) < 4.78 is 31.3. The molecule has 2 aromatic rings. The number of carbonyl (C=O) groups excluding carboxylic acids is 2. The maximum absolute atomic E-state index is 14.1. The number of hydrogen-bond donors (Lipinski definition) is 3. The van der Waals surface area contributed by atoms with Gasteiger partial charge in [-0.2, -0.15) is 10.2 Å². The molecule has 2 amide bonds. The molecule has 0 aromatic carbocycles. The fraction of sp³-hybridized carbons (Fsp3) is 0.633. The van der Waals surface area contributed by atoms with Gasteiger partial charge in [-0.25, -0.2) is 18.4 Å². The van der Waals surface area contributed by atoms with Crippen LogP contribution in [0, 0.1) is 11.8 Å². The van der Waals surface area contributed by atoms with Crippen LogP contribution in [0.15, 0.2) is 29.1 Å². The van der Waals surface area contributed by atoms with Crippen LogP contribution in [0.4, 0.5) is 8.78 Å². The lowest BCUT2D eigenvalue weighted by Gasteiger charge is -2.33. The van der Waals surface area contributed by atoms with Gasteiger partial charge in [0.2, 0.25) is 11.8 Å². The van der Waals surface area contributed by atoms with Gasteiger partial charge in [0.15, 0.2) is 5.82 Å². The zero-order valence-corrected chi connectivity index (χ0v) is 25.1. The quantitative estimate of drug-likeness (QED) is 0.305. The standard InChI is InChI=1S/C30H43F2N7O3/c1-18(2)39-23(11-14-34-39)28(41)37-27(21-9-12-30(31,32)13-10-21)22-17-38(33-6)24(35-22)15-19(3)26(20-7-8-20)36-25(40)16-29(4,5)42/h11,14-15,17-18,20-21,26-27,42H,6-10,12-13,16H2,1-5H3,(H,36,40)(H,37,41)/b19-15+/t26-,27-/m0/s1. The maximum Gasteiger partial charge on any atom is 0.270 e. The number of nitrogens with one attached hydrogen (secondary N) is 2. The molecule has 2 heterocycles. The molecule has 0 unspecified atom stereocenters. The fourth-order valence-corrected chi connectivity index (χ4v) is 5.66. The summed E-state index contributed by atoms with van der Waals surface area (Å²) in [6, 6.07) is 0.725. The number of hydrogen-bond acceptors (Lipinski definition) is 6. The molecule has 0 spiro atoms. The molecular weight excluding hydrogens is 544 g/mol. The third kappa shape index (κ3) is 7.90. The first-order valence-electron chi connectivity index (χ1n) is 14.7. The van der Waals surface area contributed by atoms with Crippen LogP contribution in [0.2, 0.25) is 0 Å². The van der Waals surface area contributed by atoms with Crippen LogP contribution >= 0.6 is 0 Å². The zero-order valence-electron chi connectivity index (χ0n) is 25.1. The van der Waals surface area contributed by atoms with Gasteiger partial charge in [0, 0.05) is 31.8 Å². The Balaban J connectivity index is 1.63. The minimum atomic E-state index is -2.72. The first kappa shape index (κ1) is 31.5. The Labute approximate surface area is 245 Å². The minimum absolute atomic E-state index is 0.0198. The number of alkyl halides is 2. The molecule has 12 heteroatoms. The Morgan fingerprint density at radius 1 is 1.21 bits per heavy atom. The maximum atomic E-state index is 14.1. The summed E-state index contributed by atoms with van der Waals surface area (Å²) in [6.07, 6.45) is 6.94. The van der Waals surface area contributed by atoms with Gasteiger partial charge in [0.1, 0.15) is 5.69 Å². The van der Waals surface area contributed by atoms with E-state index in [0.717, 1.165) is 18.4 Å². The Kier molecular flexibility index (Phi) is 9.34. The number of imidazole rings is 1. The predicted molar refractivity (Wildman–Crippen MR) is 156 cm³/mol. The third-order valence-electron chi connectivity index (χ3n) is 7.97. The summed E-state index contributed by atoms with van der Waals surface area (Å²) in [4.78, 5) is 30.9. The van der Waals surface area contributed by atoms with E-state index < -0.39 is 17.6 Å². The third-order valence-corrected chi connectivity index (χ3v) is 7.97. The van der Waals surface area contributed by atoms with E-state index in [-0.39, 0.29) is 67.8 Å². The second-order valence-corrected chi connectivity index (χ2v) is 12.7. The van der Waals surface area contributed by atoms with Crippen LogP contribution in [0.25, 0.3) is 6.08 Å². The predicted octanol–water partition coefficient (Wildman–Crippen LogP) is 4.88. The van der Waals surface area contributed by atoms with Crippen molar-refractivity contribution < 1.29 is 23.5 Å². The summed E-state index contributed by atoms with van der Waals surface area (Å²) in [5.41, 5.74) is 0.614. The van der Waals surface area contributed by atoms with Crippen molar-refractivity contribution in [2.45, 2.75) is 109 Å². The average molecular weight is 588 g/mol. The molecule has 3 N–H and O–H groups in total. The van der Waals surface area contributed by atoms with Gasteiger partial charge in [-0.15, -0.1) is 0 Å². The Morgan fingerprint density at radius 2 is 1.88 bits per heavy atom.